The van der Waals surface area contributed by atoms with Gasteiger partial charge in [-0.15, -0.1) is 0 Å². The molecular weight excluding hydrogens is 246 g/mol. The van der Waals surface area contributed by atoms with Crippen LogP contribution in [0, 0.1) is 0 Å². The molecule has 0 amide bonds. The number of hydrogen-bond donors (Lipinski definition) is 1. The number of aliphatic hydroxyl groups excluding tert-OH is 1. The lowest BCUT2D eigenvalue weighted by molar-refractivity contribution is 0.0668. The predicted molar refractivity (Wildman–Crippen MR) is 82.4 cm³/mol. The van der Waals surface area contributed by atoms with Crippen LogP contribution in [-0.4, -0.2) is 29.2 Å². The molecule has 2 aromatic carbocycles. The van der Waals surface area contributed by atoms with E-state index in [0.717, 1.165) is 32.5 Å². The van der Waals surface area contributed by atoms with Crippen LogP contribution in [0.4, 0.5) is 0 Å². The maximum absolute atomic E-state index is 9.71. The molecule has 20 heavy (non-hydrogen) atoms. The summed E-state index contributed by atoms with van der Waals surface area (Å²) >= 11 is 0. The van der Waals surface area contributed by atoms with Gasteiger partial charge in [-0.3, -0.25) is 4.90 Å². The van der Waals surface area contributed by atoms with Gasteiger partial charge in [0.25, 0.3) is 0 Å². The third-order valence-corrected chi connectivity index (χ3v) is 3.95. The van der Waals surface area contributed by atoms with E-state index in [0.29, 0.717) is 0 Å². The summed E-state index contributed by atoms with van der Waals surface area (Å²) in [4.78, 5) is 2.34. The van der Waals surface area contributed by atoms with Crippen molar-refractivity contribution in [3.63, 3.8) is 0 Å². The molecule has 104 valence electrons. The monoisotopic (exact) mass is 267 g/mol. The fourth-order valence-electron chi connectivity index (χ4n) is 2.87. The summed E-state index contributed by atoms with van der Waals surface area (Å²) in [5.74, 6) is 0. The van der Waals surface area contributed by atoms with Gasteiger partial charge >= 0.3 is 0 Å². The molecule has 1 unspecified atom stereocenters. The number of nitrogens with zero attached hydrogens (tertiary/aromatic N) is 1. The third kappa shape index (κ3) is 3.27. The van der Waals surface area contributed by atoms with Crippen molar-refractivity contribution in [1.82, 2.24) is 4.90 Å². The van der Waals surface area contributed by atoms with E-state index in [4.69, 9.17) is 0 Å². The quantitative estimate of drug-likeness (QED) is 0.922. The number of benzene rings is 2. The Morgan fingerprint density at radius 1 is 0.950 bits per heavy atom. The van der Waals surface area contributed by atoms with E-state index in [1.165, 1.54) is 16.7 Å². The van der Waals surface area contributed by atoms with E-state index in [2.05, 4.69) is 53.4 Å². The number of piperidine rings is 1. The number of hydrogen-bond acceptors (Lipinski definition) is 2. The number of aliphatic hydroxyl groups is 1. The second-order valence-corrected chi connectivity index (χ2v) is 5.59. The fraction of sp³-hybridized carbons (Fsp3) is 0.333. The fourth-order valence-corrected chi connectivity index (χ4v) is 2.87. The maximum Gasteiger partial charge on any atom is 0.0667 e. The van der Waals surface area contributed by atoms with E-state index in [1.54, 1.807) is 0 Å². The molecule has 0 bridgehead atoms. The number of rotatable bonds is 3. The molecular formula is C18H21NO. The summed E-state index contributed by atoms with van der Waals surface area (Å²) in [5.41, 5.74) is 3.83. The Balaban J connectivity index is 1.67. The van der Waals surface area contributed by atoms with E-state index < -0.39 is 0 Å². The molecule has 0 aromatic heterocycles. The van der Waals surface area contributed by atoms with Crippen LogP contribution in [0.3, 0.4) is 0 Å². The van der Waals surface area contributed by atoms with Crippen LogP contribution in [0.25, 0.3) is 11.1 Å². The smallest absolute Gasteiger partial charge is 0.0667 e. The third-order valence-electron chi connectivity index (χ3n) is 3.95. The minimum absolute atomic E-state index is 0.146. The first-order chi connectivity index (χ1) is 9.81. The van der Waals surface area contributed by atoms with Crippen molar-refractivity contribution in [2.75, 3.05) is 13.1 Å². The molecule has 1 atom stereocenters. The Hall–Kier alpha value is -1.64. The molecule has 1 saturated heterocycles. The average molecular weight is 267 g/mol. The lowest BCUT2D eigenvalue weighted by Gasteiger charge is -2.29. The lowest BCUT2D eigenvalue weighted by atomic mass is 10.0. The molecule has 3 rings (SSSR count). The van der Waals surface area contributed by atoms with E-state index >= 15 is 0 Å². The van der Waals surface area contributed by atoms with Crippen molar-refractivity contribution in [3.8, 4) is 11.1 Å². The van der Waals surface area contributed by atoms with Crippen LogP contribution in [-0.2, 0) is 6.54 Å². The minimum Gasteiger partial charge on any atom is -0.392 e. The molecule has 1 fully saturated rings. The predicted octanol–water partition coefficient (Wildman–Crippen LogP) is 3.31. The van der Waals surface area contributed by atoms with E-state index in [-0.39, 0.29) is 6.10 Å². The molecule has 2 heteroatoms. The highest BCUT2D eigenvalue weighted by Crippen LogP contribution is 2.20. The zero-order valence-corrected chi connectivity index (χ0v) is 11.7. The Kier molecular flexibility index (Phi) is 4.14. The SMILES string of the molecule is OC1CCCN(Cc2ccc(-c3ccccc3)cc2)C1. The highest BCUT2D eigenvalue weighted by atomic mass is 16.3. The molecule has 0 saturated carbocycles. The normalized spacial score (nSPS) is 19.9. The first kappa shape index (κ1) is 13.3. The van der Waals surface area contributed by atoms with Gasteiger partial charge in [0.15, 0.2) is 0 Å². The Morgan fingerprint density at radius 3 is 2.35 bits per heavy atom. The van der Waals surface area contributed by atoms with Crippen LogP contribution < -0.4 is 0 Å². The standard InChI is InChI=1S/C18H21NO/c20-18-7-4-12-19(14-18)13-15-8-10-17(11-9-15)16-5-2-1-3-6-16/h1-3,5-6,8-11,18,20H,4,7,12-14H2. The lowest BCUT2D eigenvalue weighted by Crippen LogP contribution is -2.37. The van der Waals surface area contributed by atoms with Crippen molar-refractivity contribution in [2.24, 2.45) is 0 Å². The second kappa shape index (κ2) is 6.21. The zero-order chi connectivity index (χ0) is 13.8. The van der Waals surface area contributed by atoms with Crippen LogP contribution in [0.5, 0.6) is 0 Å². The largest absolute Gasteiger partial charge is 0.392 e. The highest BCUT2D eigenvalue weighted by Gasteiger charge is 2.17. The van der Waals surface area contributed by atoms with Gasteiger partial charge in [0.05, 0.1) is 6.10 Å². The van der Waals surface area contributed by atoms with Crippen LogP contribution >= 0.6 is 0 Å². The molecule has 1 aliphatic rings. The van der Waals surface area contributed by atoms with Crippen molar-refractivity contribution < 1.29 is 5.11 Å². The van der Waals surface area contributed by atoms with E-state index in [1.807, 2.05) is 6.07 Å². The zero-order valence-electron chi connectivity index (χ0n) is 11.7. The molecule has 2 nitrogen and oxygen atoms in total. The van der Waals surface area contributed by atoms with Gasteiger partial charge in [0, 0.05) is 13.1 Å². The molecule has 0 spiro atoms. The Morgan fingerprint density at radius 2 is 1.65 bits per heavy atom. The Labute approximate surface area is 120 Å². The first-order valence-electron chi connectivity index (χ1n) is 7.36. The first-order valence-corrected chi connectivity index (χ1v) is 7.36. The summed E-state index contributed by atoms with van der Waals surface area (Å²) in [6.45, 7) is 2.84. The van der Waals surface area contributed by atoms with Crippen LogP contribution in [0.1, 0.15) is 18.4 Å². The summed E-state index contributed by atoms with van der Waals surface area (Å²) in [6, 6.07) is 19.2. The molecule has 1 N–H and O–H groups in total. The van der Waals surface area contributed by atoms with Gasteiger partial charge in [-0.05, 0) is 36.1 Å². The molecule has 1 heterocycles. The van der Waals surface area contributed by atoms with Crippen LogP contribution in [0.2, 0.25) is 0 Å². The average Bonchev–Trinajstić information content (AvgIpc) is 2.49. The highest BCUT2D eigenvalue weighted by molar-refractivity contribution is 5.63. The number of likely N-dealkylation sites (tertiary alicyclic amines) is 1. The van der Waals surface area contributed by atoms with Crippen molar-refractivity contribution in [1.29, 1.82) is 0 Å². The molecule has 2 aromatic rings. The summed E-state index contributed by atoms with van der Waals surface area (Å²) in [7, 11) is 0. The molecule has 0 radical (unpaired) electrons. The molecule has 1 aliphatic heterocycles. The molecule has 0 aliphatic carbocycles. The minimum atomic E-state index is -0.146. The van der Waals surface area contributed by atoms with Crippen molar-refractivity contribution in [3.05, 3.63) is 60.2 Å². The second-order valence-electron chi connectivity index (χ2n) is 5.59. The Bertz CT molecular complexity index is 535. The van der Waals surface area contributed by atoms with Gasteiger partial charge in [-0.25, -0.2) is 0 Å². The number of β-amino-alcohol motifs (C(OH)–C–C–N with tert-alkyl or cyclic N) is 1. The van der Waals surface area contributed by atoms with Gasteiger partial charge in [-0.1, -0.05) is 54.6 Å². The van der Waals surface area contributed by atoms with Crippen LogP contribution in [0.15, 0.2) is 54.6 Å². The summed E-state index contributed by atoms with van der Waals surface area (Å²) in [6.07, 6.45) is 1.90. The van der Waals surface area contributed by atoms with Crippen molar-refractivity contribution >= 4 is 0 Å². The maximum atomic E-state index is 9.71. The van der Waals surface area contributed by atoms with Gasteiger partial charge in [0.1, 0.15) is 0 Å². The van der Waals surface area contributed by atoms with E-state index in [9.17, 15) is 5.11 Å². The topological polar surface area (TPSA) is 23.5 Å². The van der Waals surface area contributed by atoms with Crippen molar-refractivity contribution in [2.45, 2.75) is 25.5 Å². The van der Waals surface area contributed by atoms with Gasteiger partial charge in [0.2, 0.25) is 0 Å². The summed E-state index contributed by atoms with van der Waals surface area (Å²) in [5, 5.41) is 9.71. The van der Waals surface area contributed by atoms with Gasteiger partial charge < -0.3 is 5.11 Å². The van der Waals surface area contributed by atoms with Gasteiger partial charge in [-0.2, -0.15) is 0 Å². The summed E-state index contributed by atoms with van der Waals surface area (Å²) < 4.78 is 0.